The van der Waals surface area contributed by atoms with E-state index in [4.69, 9.17) is 11.6 Å². The molecule has 0 spiro atoms. The van der Waals surface area contributed by atoms with Gasteiger partial charge in [0.15, 0.2) is 5.60 Å². The summed E-state index contributed by atoms with van der Waals surface area (Å²) in [5.41, 5.74) is -0.692. The highest BCUT2D eigenvalue weighted by molar-refractivity contribution is 6.31. The van der Waals surface area contributed by atoms with Crippen LogP contribution in [0.5, 0.6) is 0 Å². The van der Waals surface area contributed by atoms with E-state index in [1.807, 2.05) is 18.2 Å². The Labute approximate surface area is 135 Å². The first kappa shape index (κ1) is 16.8. The molecule has 0 aliphatic carbocycles. The average Bonchev–Trinajstić information content (AvgIpc) is 2.48. The van der Waals surface area contributed by atoms with Gasteiger partial charge in [0.05, 0.1) is 6.54 Å². The van der Waals surface area contributed by atoms with Crippen LogP contribution in [0, 0.1) is 0 Å². The molecule has 1 fully saturated rings. The second-order valence-electron chi connectivity index (χ2n) is 5.83. The normalized spacial score (nSPS) is 21.5. The van der Waals surface area contributed by atoms with Crippen LogP contribution in [-0.2, 0) is 16.1 Å². The zero-order valence-electron chi connectivity index (χ0n) is 12.9. The first-order valence-electron chi connectivity index (χ1n) is 7.30. The van der Waals surface area contributed by atoms with E-state index in [0.717, 1.165) is 5.56 Å². The van der Waals surface area contributed by atoms with Gasteiger partial charge in [-0.25, -0.2) is 0 Å². The fourth-order valence-corrected chi connectivity index (χ4v) is 2.98. The number of rotatable bonds is 3. The molecule has 1 heterocycles. The molecule has 5 nitrogen and oxygen atoms in total. The van der Waals surface area contributed by atoms with Gasteiger partial charge >= 0.3 is 0 Å². The average molecular weight is 325 g/mol. The Morgan fingerprint density at radius 3 is 2.73 bits per heavy atom. The Morgan fingerprint density at radius 1 is 1.41 bits per heavy atom. The molecule has 1 aromatic carbocycles. The number of halogens is 1. The summed E-state index contributed by atoms with van der Waals surface area (Å²) in [7, 11) is 1.64. The van der Waals surface area contributed by atoms with Gasteiger partial charge in [-0.2, -0.15) is 0 Å². The van der Waals surface area contributed by atoms with Crippen LogP contribution in [0.3, 0.4) is 0 Å². The number of aliphatic hydroxyl groups is 1. The Bertz CT molecular complexity index is 578. The van der Waals surface area contributed by atoms with E-state index in [2.05, 4.69) is 0 Å². The third-order valence-corrected chi connectivity index (χ3v) is 4.40. The van der Waals surface area contributed by atoms with Gasteiger partial charge in [-0.15, -0.1) is 0 Å². The molecule has 1 aliphatic rings. The molecule has 1 saturated heterocycles. The lowest BCUT2D eigenvalue weighted by Crippen LogP contribution is -2.58. The summed E-state index contributed by atoms with van der Waals surface area (Å²) in [5, 5.41) is 11.2. The zero-order valence-corrected chi connectivity index (χ0v) is 13.6. The first-order valence-corrected chi connectivity index (χ1v) is 7.68. The summed E-state index contributed by atoms with van der Waals surface area (Å²) in [4.78, 5) is 27.1. The van der Waals surface area contributed by atoms with Crippen LogP contribution in [0.2, 0.25) is 5.02 Å². The number of likely N-dealkylation sites (tertiary alicyclic amines) is 1. The number of likely N-dealkylation sites (N-methyl/N-ethyl adjacent to an activating group) is 1. The fourth-order valence-electron chi connectivity index (χ4n) is 2.79. The van der Waals surface area contributed by atoms with Crippen LogP contribution in [0.15, 0.2) is 24.3 Å². The largest absolute Gasteiger partial charge is 0.378 e. The number of carbonyl (C=O) groups is 2. The number of nitrogens with zero attached hydrogens (tertiary/aromatic N) is 2. The van der Waals surface area contributed by atoms with Gasteiger partial charge in [0.25, 0.3) is 5.91 Å². The predicted octanol–water partition coefficient (Wildman–Crippen LogP) is 1.67. The molecule has 0 unspecified atom stereocenters. The van der Waals surface area contributed by atoms with Crippen molar-refractivity contribution in [2.75, 3.05) is 20.1 Å². The molecule has 22 heavy (non-hydrogen) atoms. The molecule has 1 aliphatic heterocycles. The summed E-state index contributed by atoms with van der Waals surface area (Å²) in [6.45, 7) is 2.40. The summed E-state index contributed by atoms with van der Waals surface area (Å²) >= 11 is 6.10. The Kier molecular flexibility index (Phi) is 5.08. The van der Waals surface area contributed by atoms with Crippen molar-refractivity contribution in [3.63, 3.8) is 0 Å². The maximum atomic E-state index is 12.6. The molecule has 0 aromatic heterocycles. The number of benzene rings is 1. The van der Waals surface area contributed by atoms with Crippen molar-refractivity contribution in [1.82, 2.24) is 9.80 Å². The predicted molar refractivity (Wildman–Crippen MR) is 84.4 cm³/mol. The van der Waals surface area contributed by atoms with Gasteiger partial charge in [0.1, 0.15) is 0 Å². The van der Waals surface area contributed by atoms with E-state index in [9.17, 15) is 14.7 Å². The lowest BCUT2D eigenvalue weighted by molar-refractivity contribution is -0.159. The van der Waals surface area contributed by atoms with Crippen molar-refractivity contribution in [3.05, 3.63) is 34.9 Å². The fraction of sp³-hybridized carbons (Fsp3) is 0.500. The van der Waals surface area contributed by atoms with Crippen molar-refractivity contribution in [2.24, 2.45) is 0 Å². The van der Waals surface area contributed by atoms with Crippen LogP contribution >= 0.6 is 11.6 Å². The molecule has 0 radical (unpaired) electrons. The molecule has 1 atom stereocenters. The van der Waals surface area contributed by atoms with E-state index in [1.54, 1.807) is 13.1 Å². The number of carbonyl (C=O) groups excluding carboxylic acids is 2. The van der Waals surface area contributed by atoms with Gasteiger partial charge in [-0.05, 0) is 24.5 Å². The maximum Gasteiger partial charge on any atom is 0.256 e. The van der Waals surface area contributed by atoms with Crippen molar-refractivity contribution < 1.29 is 14.7 Å². The molecule has 2 amide bonds. The van der Waals surface area contributed by atoms with Gasteiger partial charge < -0.3 is 14.9 Å². The summed E-state index contributed by atoms with van der Waals surface area (Å²) in [6.07, 6.45) is 0.976. The highest BCUT2D eigenvalue weighted by atomic mass is 35.5. The van der Waals surface area contributed by atoms with E-state index in [-0.39, 0.29) is 18.4 Å². The van der Waals surface area contributed by atoms with Gasteiger partial charge in [-0.3, -0.25) is 9.59 Å². The summed E-state index contributed by atoms with van der Waals surface area (Å²) in [6, 6.07) is 7.29. The van der Waals surface area contributed by atoms with Crippen LogP contribution in [-0.4, -0.2) is 52.5 Å². The molecule has 0 bridgehead atoms. The smallest absolute Gasteiger partial charge is 0.256 e. The monoisotopic (exact) mass is 324 g/mol. The van der Waals surface area contributed by atoms with Crippen molar-refractivity contribution >= 4 is 23.4 Å². The lowest BCUT2D eigenvalue weighted by atomic mass is 9.91. The molecule has 1 N–H and O–H groups in total. The topological polar surface area (TPSA) is 60.9 Å². The van der Waals surface area contributed by atoms with Gasteiger partial charge in [0.2, 0.25) is 5.91 Å². The third kappa shape index (κ3) is 3.59. The summed E-state index contributed by atoms with van der Waals surface area (Å²) < 4.78 is 0. The zero-order chi connectivity index (χ0) is 16.3. The molecule has 2 rings (SSSR count). The van der Waals surface area contributed by atoms with Crippen LogP contribution in [0.4, 0.5) is 0 Å². The molecule has 120 valence electrons. The Morgan fingerprint density at radius 2 is 2.09 bits per heavy atom. The Balaban J connectivity index is 2.09. The lowest BCUT2D eigenvalue weighted by Gasteiger charge is -2.39. The minimum Gasteiger partial charge on any atom is -0.378 e. The van der Waals surface area contributed by atoms with E-state index >= 15 is 0 Å². The highest BCUT2D eigenvalue weighted by Gasteiger charge is 2.42. The van der Waals surface area contributed by atoms with Gasteiger partial charge in [-0.1, -0.05) is 29.8 Å². The SMILES string of the molecule is CC(=O)N1CCC[C@@](O)(C(=O)N(C)Cc2ccccc2Cl)C1. The van der Waals surface area contributed by atoms with Crippen LogP contribution in [0.25, 0.3) is 0 Å². The second kappa shape index (κ2) is 6.67. The van der Waals surface area contributed by atoms with Crippen molar-refractivity contribution in [2.45, 2.75) is 31.9 Å². The van der Waals surface area contributed by atoms with Crippen molar-refractivity contribution in [3.8, 4) is 0 Å². The molecule has 0 saturated carbocycles. The molecule has 1 aromatic rings. The van der Waals surface area contributed by atoms with Crippen LogP contribution in [0.1, 0.15) is 25.3 Å². The maximum absolute atomic E-state index is 12.6. The minimum absolute atomic E-state index is 0.0496. The molecular formula is C16H21ClN2O3. The number of β-amino-alcohol motifs (C(OH)–C–C–N with tert-alkyl or cyclic N) is 1. The van der Waals surface area contributed by atoms with Crippen molar-refractivity contribution in [1.29, 1.82) is 0 Å². The second-order valence-corrected chi connectivity index (χ2v) is 6.24. The molecular weight excluding hydrogens is 304 g/mol. The standard InChI is InChI=1S/C16H21ClN2O3/c1-12(20)19-9-5-8-16(22,11-19)15(21)18(2)10-13-6-3-4-7-14(13)17/h3-4,6-7,22H,5,8-11H2,1-2H3/t16-/m0/s1. The molecule has 6 heteroatoms. The Hall–Kier alpha value is -1.59. The van der Waals surface area contributed by atoms with E-state index < -0.39 is 5.60 Å². The number of hydrogen-bond donors (Lipinski definition) is 1. The highest BCUT2D eigenvalue weighted by Crippen LogP contribution is 2.25. The number of hydrogen-bond acceptors (Lipinski definition) is 3. The summed E-state index contributed by atoms with van der Waals surface area (Å²) in [5.74, 6) is -0.502. The van der Waals surface area contributed by atoms with Crippen LogP contribution < -0.4 is 0 Å². The number of piperidine rings is 1. The first-order chi connectivity index (χ1) is 10.3. The van der Waals surface area contributed by atoms with Gasteiger partial charge in [0, 0.05) is 32.1 Å². The minimum atomic E-state index is -1.51. The number of amides is 2. The van der Waals surface area contributed by atoms with E-state index in [1.165, 1.54) is 16.7 Å². The quantitative estimate of drug-likeness (QED) is 0.920. The third-order valence-electron chi connectivity index (χ3n) is 4.03. The van der Waals surface area contributed by atoms with E-state index in [0.29, 0.717) is 31.0 Å².